The third-order valence-corrected chi connectivity index (χ3v) is 6.36. The Bertz CT molecular complexity index is 777. The summed E-state index contributed by atoms with van der Waals surface area (Å²) in [5.74, 6) is 1.51. The second kappa shape index (κ2) is 5.38. The molecule has 5 nitrogen and oxygen atoms in total. The van der Waals surface area contributed by atoms with Crippen LogP contribution in [0, 0.1) is 0 Å². The molecular weight excluding hydrogens is 306 g/mol. The number of nitrogen functional groups attached to an aromatic ring is 1. The Kier molecular flexibility index (Phi) is 3.71. The van der Waals surface area contributed by atoms with Crippen LogP contribution in [0.25, 0.3) is 10.8 Å². The number of nitrogens with two attached hydrogens (primary N) is 1. The van der Waals surface area contributed by atoms with Crippen LogP contribution in [0.15, 0.2) is 30.6 Å². The fourth-order valence-electron chi connectivity index (χ4n) is 2.66. The van der Waals surface area contributed by atoms with Crippen molar-refractivity contribution in [3.8, 4) is 0 Å². The van der Waals surface area contributed by atoms with E-state index in [0.717, 1.165) is 22.2 Å². The number of anilines is 2. The Morgan fingerprint density at radius 3 is 2.90 bits per heavy atom. The lowest BCUT2D eigenvalue weighted by atomic mass is 10.1. The minimum atomic E-state index is -3.14. The minimum Gasteiger partial charge on any atom is -0.398 e. The van der Waals surface area contributed by atoms with Gasteiger partial charge in [0.2, 0.25) is 0 Å². The van der Waals surface area contributed by atoms with Gasteiger partial charge < -0.3 is 10.6 Å². The molecule has 21 heavy (non-hydrogen) atoms. The standard InChI is InChI=1S/C14H17N3O2S2/c1-21(18,19)14-9-20-7-6-17(14)13-3-2-12(15)11-8-16-5-4-10(11)13/h2-5,8,14H,6-7,9,15H2,1H3. The van der Waals surface area contributed by atoms with E-state index in [1.807, 2.05) is 23.1 Å². The molecule has 1 unspecified atom stereocenters. The molecular formula is C14H17N3O2S2. The Morgan fingerprint density at radius 2 is 2.14 bits per heavy atom. The van der Waals surface area contributed by atoms with E-state index in [1.165, 1.54) is 6.26 Å². The summed E-state index contributed by atoms with van der Waals surface area (Å²) in [5.41, 5.74) is 7.57. The normalized spacial score (nSPS) is 19.9. The lowest BCUT2D eigenvalue weighted by Gasteiger charge is -2.36. The molecule has 0 amide bonds. The van der Waals surface area contributed by atoms with Crippen molar-refractivity contribution in [3.63, 3.8) is 0 Å². The summed E-state index contributed by atoms with van der Waals surface area (Å²) in [6, 6.07) is 5.62. The molecule has 7 heteroatoms. The molecule has 112 valence electrons. The first kappa shape index (κ1) is 14.5. The topological polar surface area (TPSA) is 76.3 Å². The molecule has 3 rings (SSSR count). The number of thioether (sulfide) groups is 1. The second-order valence-corrected chi connectivity index (χ2v) is 8.50. The van der Waals surface area contributed by atoms with Gasteiger partial charge in [-0.15, -0.1) is 0 Å². The van der Waals surface area contributed by atoms with E-state index in [1.54, 1.807) is 24.2 Å². The summed E-state index contributed by atoms with van der Waals surface area (Å²) in [5, 5.41) is 1.32. The SMILES string of the molecule is CS(=O)(=O)C1CSCCN1c1ccc(N)c2cnccc12. The molecule has 0 bridgehead atoms. The molecule has 0 saturated carbocycles. The fourth-order valence-corrected chi connectivity index (χ4v) is 5.49. The molecule has 1 fully saturated rings. The zero-order valence-corrected chi connectivity index (χ0v) is 13.3. The Labute approximate surface area is 128 Å². The maximum absolute atomic E-state index is 12.1. The summed E-state index contributed by atoms with van der Waals surface area (Å²) in [6.07, 6.45) is 4.74. The molecule has 1 aromatic heterocycles. The highest BCUT2D eigenvalue weighted by Crippen LogP contribution is 2.34. The average molecular weight is 323 g/mol. The van der Waals surface area contributed by atoms with Crippen LogP contribution in [0.1, 0.15) is 0 Å². The summed E-state index contributed by atoms with van der Waals surface area (Å²) < 4.78 is 24.2. The van der Waals surface area contributed by atoms with Gasteiger partial charge in [0, 0.05) is 58.8 Å². The van der Waals surface area contributed by atoms with Gasteiger partial charge in [-0.05, 0) is 18.2 Å². The Hall–Kier alpha value is -1.47. The maximum atomic E-state index is 12.1. The monoisotopic (exact) mass is 323 g/mol. The van der Waals surface area contributed by atoms with Crippen LogP contribution in [0.3, 0.4) is 0 Å². The first-order valence-electron chi connectivity index (χ1n) is 6.64. The van der Waals surface area contributed by atoms with Crippen molar-refractivity contribution in [2.75, 3.05) is 34.9 Å². The van der Waals surface area contributed by atoms with Crippen molar-refractivity contribution < 1.29 is 8.42 Å². The highest BCUT2D eigenvalue weighted by molar-refractivity contribution is 8.01. The number of hydrogen-bond acceptors (Lipinski definition) is 6. The molecule has 2 heterocycles. The summed E-state index contributed by atoms with van der Waals surface area (Å²) in [7, 11) is -3.14. The second-order valence-electron chi connectivity index (χ2n) is 5.15. The van der Waals surface area contributed by atoms with Crippen molar-refractivity contribution >= 4 is 43.7 Å². The first-order valence-corrected chi connectivity index (χ1v) is 9.75. The number of hydrogen-bond donors (Lipinski definition) is 1. The van der Waals surface area contributed by atoms with E-state index in [0.29, 0.717) is 18.0 Å². The van der Waals surface area contributed by atoms with Gasteiger partial charge in [0.05, 0.1) is 0 Å². The summed E-state index contributed by atoms with van der Waals surface area (Å²) >= 11 is 1.68. The van der Waals surface area contributed by atoms with Gasteiger partial charge in [-0.3, -0.25) is 4.98 Å². The van der Waals surface area contributed by atoms with Crippen molar-refractivity contribution in [2.24, 2.45) is 0 Å². The number of nitrogens with zero attached hydrogens (tertiary/aromatic N) is 2. The number of fused-ring (bicyclic) bond motifs is 1. The van der Waals surface area contributed by atoms with Crippen LogP contribution in [0.2, 0.25) is 0 Å². The third kappa shape index (κ3) is 2.67. The molecule has 2 N–H and O–H groups in total. The Balaban J connectivity index is 2.17. The van der Waals surface area contributed by atoms with Gasteiger partial charge in [-0.2, -0.15) is 11.8 Å². The lowest BCUT2D eigenvalue weighted by Crippen LogP contribution is -2.47. The Morgan fingerprint density at radius 1 is 1.33 bits per heavy atom. The molecule has 0 spiro atoms. The zero-order chi connectivity index (χ0) is 15.0. The molecule has 0 aliphatic carbocycles. The highest BCUT2D eigenvalue weighted by atomic mass is 32.2. The van der Waals surface area contributed by atoms with Crippen LogP contribution in [-0.2, 0) is 9.84 Å². The van der Waals surface area contributed by atoms with Gasteiger partial charge in [0.25, 0.3) is 0 Å². The summed E-state index contributed by atoms with van der Waals surface area (Å²) in [4.78, 5) is 6.09. The van der Waals surface area contributed by atoms with E-state index in [2.05, 4.69) is 4.98 Å². The molecule has 1 aromatic carbocycles. The molecule has 0 radical (unpaired) electrons. The zero-order valence-electron chi connectivity index (χ0n) is 11.7. The van der Waals surface area contributed by atoms with Gasteiger partial charge in [-0.1, -0.05) is 0 Å². The summed E-state index contributed by atoms with van der Waals surface area (Å²) in [6.45, 7) is 0.712. The number of pyridine rings is 1. The van der Waals surface area contributed by atoms with Gasteiger partial charge in [0.15, 0.2) is 9.84 Å². The van der Waals surface area contributed by atoms with E-state index in [-0.39, 0.29) is 0 Å². The van der Waals surface area contributed by atoms with E-state index in [4.69, 9.17) is 5.73 Å². The van der Waals surface area contributed by atoms with Crippen LogP contribution in [0.4, 0.5) is 11.4 Å². The van der Waals surface area contributed by atoms with E-state index >= 15 is 0 Å². The highest BCUT2D eigenvalue weighted by Gasteiger charge is 2.32. The van der Waals surface area contributed by atoms with Crippen molar-refractivity contribution in [1.29, 1.82) is 0 Å². The fraction of sp³-hybridized carbons (Fsp3) is 0.357. The van der Waals surface area contributed by atoms with Crippen LogP contribution < -0.4 is 10.6 Å². The van der Waals surface area contributed by atoms with Crippen LogP contribution in [-0.4, -0.2) is 43.1 Å². The van der Waals surface area contributed by atoms with E-state index in [9.17, 15) is 8.42 Å². The molecule has 1 aliphatic heterocycles. The third-order valence-electron chi connectivity index (χ3n) is 3.72. The van der Waals surface area contributed by atoms with Crippen molar-refractivity contribution in [3.05, 3.63) is 30.6 Å². The maximum Gasteiger partial charge on any atom is 0.169 e. The minimum absolute atomic E-state index is 0.490. The van der Waals surface area contributed by atoms with Crippen molar-refractivity contribution in [2.45, 2.75) is 5.37 Å². The van der Waals surface area contributed by atoms with Gasteiger partial charge in [0.1, 0.15) is 5.37 Å². The van der Waals surface area contributed by atoms with Crippen LogP contribution >= 0.6 is 11.8 Å². The average Bonchev–Trinajstić information content (AvgIpc) is 2.47. The van der Waals surface area contributed by atoms with Gasteiger partial charge in [-0.25, -0.2) is 8.42 Å². The lowest BCUT2D eigenvalue weighted by molar-refractivity contribution is 0.585. The predicted octanol–water partition coefficient (Wildman–Crippen LogP) is 1.74. The molecule has 2 aromatic rings. The van der Waals surface area contributed by atoms with Gasteiger partial charge >= 0.3 is 0 Å². The molecule has 1 aliphatic rings. The number of rotatable bonds is 2. The molecule has 1 atom stereocenters. The largest absolute Gasteiger partial charge is 0.398 e. The first-order chi connectivity index (χ1) is 9.98. The number of aromatic nitrogens is 1. The predicted molar refractivity (Wildman–Crippen MR) is 89.5 cm³/mol. The number of sulfone groups is 1. The van der Waals surface area contributed by atoms with E-state index < -0.39 is 15.2 Å². The number of benzene rings is 1. The van der Waals surface area contributed by atoms with Crippen LogP contribution in [0.5, 0.6) is 0 Å². The quantitative estimate of drug-likeness (QED) is 0.849. The smallest absolute Gasteiger partial charge is 0.169 e. The molecule has 1 saturated heterocycles. The van der Waals surface area contributed by atoms with Crippen molar-refractivity contribution in [1.82, 2.24) is 4.98 Å².